The Morgan fingerprint density at radius 1 is 1.00 bits per heavy atom. The highest BCUT2D eigenvalue weighted by molar-refractivity contribution is 7.13. The lowest BCUT2D eigenvalue weighted by molar-refractivity contribution is 0.0834. The number of thiazole rings is 1. The van der Waals surface area contributed by atoms with E-state index in [1.165, 1.54) is 5.56 Å². The number of piperidine rings is 1. The number of benzene rings is 2. The van der Waals surface area contributed by atoms with Crippen LogP contribution in [0.3, 0.4) is 0 Å². The molecular formula is C22H22N2OS. The van der Waals surface area contributed by atoms with Gasteiger partial charge in [-0.1, -0.05) is 60.7 Å². The third kappa shape index (κ3) is 3.92. The van der Waals surface area contributed by atoms with E-state index in [1.54, 1.807) is 11.3 Å². The van der Waals surface area contributed by atoms with Gasteiger partial charge in [-0.3, -0.25) is 9.69 Å². The molecule has 1 aromatic heterocycles. The molecule has 0 N–H and O–H groups in total. The van der Waals surface area contributed by atoms with Crippen molar-refractivity contribution in [2.45, 2.75) is 19.4 Å². The first-order valence-electron chi connectivity index (χ1n) is 9.11. The van der Waals surface area contributed by atoms with Gasteiger partial charge in [-0.25, -0.2) is 4.98 Å². The summed E-state index contributed by atoms with van der Waals surface area (Å²) in [5, 5.41) is 3.23. The molecule has 1 aliphatic heterocycles. The van der Waals surface area contributed by atoms with E-state index < -0.39 is 0 Å². The zero-order valence-electron chi connectivity index (χ0n) is 14.7. The molecule has 0 bridgehead atoms. The van der Waals surface area contributed by atoms with E-state index in [9.17, 15) is 4.79 Å². The predicted molar refractivity (Wildman–Crippen MR) is 106 cm³/mol. The maximum absolute atomic E-state index is 12.6. The van der Waals surface area contributed by atoms with E-state index in [0.29, 0.717) is 5.78 Å². The number of likely N-dealkylation sites (tertiary alicyclic amines) is 1. The molecule has 132 valence electrons. The molecule has 26 heavy (non-hydrogen) atoms. The van der Waals surface area contributed by atoms with Crippen LogP contribution in [-0.2, 0) is 6.54 Å². The average molecular weight is 362 g/mol. The molecule has 2 aromatic carbocycles. The van der Waals surface area contributed by atoms with Gasteiger partial charge in [-0.05, 0) is 25.9 Å². The summed E-state index contributed by atoms with van der Waals surface area (Å²) in [5.41, 5.74) is 3.15. The Balaban J connectivity index is 1.33. The molecule has 0 spiro atoms. The fraction of sp³-hybridized carbons (Fsp3) is 0.273. The van der Waals surface area contributed by atoms with Gasteiger partial charge in [0.15, 0.2) is 5.78 Å². The second kappa shape index (κ2) is 7.94. The van der Waals surface area contributed by atoms with E-state index >= 15 is 0 Å². The van der Waals surface area contributed by atoms with E-state index in [1.807, 2.05) is 48.5 Å². The Morgan fingerprint density at radius 3 is 2.35 bits per heavy atom. The molecule has 1 aliphatic rings. The minimum atomic E-state index is 0.156. The number of rotatable bonds is 5. The molecule has 0 atom stereocenters. The van der Waals surface area contributed by atoms with Crippen LogP contribution in [0.25, 0.3) is 10.6 Å². The number of hydrogen-bond donors (Lipinski definition) is 0. The van der Waals surface area contributed by atoms with Gasteiger partial charge in [-0.2, -0.15) is 0 Å². The maximum Gasteiger partial charge on any atom is 0.166 e. The number of ketones is 1. The lowest BCUT2D eigenvalue weighted by Crippen LogP contribution is -2.36. The molecule has 0 aliphatic carbocycles. The highest BCUT2D eigenvalue weighted by Gasteiger charge is 2.26. The Kier molecular flexibility index (Phi) is 5.23. The van der Waals surface area contributed by atoms with Crippen molar-refractivity contribution in [2.75, 3.05) is 13.1 Å². The number of hydrogen-bond acceptors (Lipinski definition) is 4. The summed E-state index contributed by atoms with van der Waals surface area (Å²) in [5.74, 6) is 0.453. The normalized spacial score (nSPS) is 15.8. The molecule has 3 aromatic rings. The Labute approximate surface area is 158 Å². The van der Waals surface area contributed by atoms with Gasteiger partial charge in [0, 0.05) is 29.0 Å². The van der Waals surface area contributed by atoms with Gasteiger partial charge >= 0.3 is 0 Å². The van der Waals surface area contributed by atoms with Gasteiger partial charge in [-0.15, -0.1) is 11.3 Å². The average Bonchev–Trinajstić information content (AvgIpc) is 3.18. The molecular weight excluding hydrogens is 340 g/mol. The first-order valence-corrected chi connectivity index (χ1v) is 9.99. The van der Waals surface area contributed by atoms with Crippen LogP contribution in [-0.4, -0.2) is 28.8 Å². The second-order valence-electron chi connectivity index (χ2n) is 6.79. The molecule has 0 radical (unpaired) electrons. The van der Waals surface area contributed by atoms with Crippen molar-refractivity contribution >= 4 is 17.1 Å². The third-order valence-electron chi connectivity index (χ3n) is 4.97. The fourth-order valence-electron chi connectivity index (χ4n) is 3.51. The fourth-order valence-corrected chi connectivity index (χ4v) is 4.33. The van der Waals surface area contributed by atoms with Gasteiger partial charge in [0.2, 0.25) is 0 Å². The molecule has 3 nitrogen and oxygen atoms in total. The molecule has 1 fully saturated rings. The second-order valence-corrected chi connectivity index (χ2v) is 7.65. The first kappa shape index (κ1) is 17.1. The molecule has 1 saturated heterocycles. The SMILES string of the molecule is O=C(c1ccccc1)C1CCN(Cc2csc(-c3ccccc3)n2)CC1. The van der Waals surface area contributed by atoms with Crippen molar-refractivity contribution in [3.63, 3.8) is 0 Å². The van der Waals surface area contributed by atoms with Crippen molar-refractivity contribution in [3.05, 3.63) is 77.3 Å². The van der Waals surface area contributed by atoms with Crippen LogP contribution in [0.1, 0.15) is 28.9 Å². The highest BCUT2D eigenvalue weighted by Crippen LogP contribution is 2.26. The lowest BCUT2D eigenvalue weighted by Gasteiger charge is -2.30. The summed E-state index contributed by atoms with van der Waals surface area (Å²) < 4.78 is 0. The quantitative estimate of drug-likeness (QED) is 0.605. The minimum Gasteiger partial charge on any atom is -0.297 e. The Hall–Kier alpha value is -2.30. The van der Waals surface area contributed by atoms with Crippen molar-refractivity contribution in [1.29, 1.82) is 0 Å². The molecule has 0 saturated carbocycles. The van der Waals surface area contributed by atoms with Crippen LogP contribution in [0, 0.1) is 5.92 Å². The molecule has 0 amide bonds. The monoisotopic (exact) mass is 362 g/mol. The summed E-state index contributed by atoms with van der Waals surface area (Å²) in [6, 6.07) is 20.0. The number of carbonyl (C=O) groups excluding carboxylic acids is 1. The summed E-state index contributed by atoms with van der Waals surface area (Å²) in [6.07, 6.45) is 1.87. The zero-order chi connectivity index (χ0) is 17.8. The van der Waals surface area contributed by atoms with E-state index in [2.05, 4.69) is 22.4 Å². The van der Waals surface area contributed by atoms with Crippen LogP contribution < -0.4 is 0 Å². The van der Waals surface area contributed by atoms with E-state index in [-0.39, 0.29) is 5.92 Å². The third-order valence-corrected chi connectivity index (χ3v) is 5.91. The van der Waals surface area contributed by atoms with Gasteiger partial charge in [0.1, 0.15) is 5.01 Å². The van der Waals surface area contributed by atoms with Crippen molar-refractivity contribution in [2.24, 2.45) is 5.92 Å². The van der Waals surface area contributed by atoms with Crippen LogP contribution in [0.5, 0.6) is 0 Å². The van der Waals surface area contributed by atoms with Crippen LogP contribution in [0.4, 0.5) is 0 Å². The Morgan fingerprint density at radius 2 is 1.65 bits per heavy atom. The highest BCUT2D eigenvalue weighted by atomic mass is 32.1. The van der Waals surface area contributed by atoms with Crippen LogP contribution in [0.15, 0.2) is 66.0 Å². The number of nitrogens with zero attached hydrogens (tertiary/aromatic N) is 2. The zero-order valence-corrected chi connectivity index (χ0v) is 15.5. The maximum atomic E-state index is 12.6. The first-order chi connectivity index (χ1) is 12.8. The van der Waals surface area contributed by atoms with Crippen molar-refractivity contribution < 1.29 is 4.79 Å². The van der Waals surface area contributed by atoms with E-state index in [0.717, 1.165) is 48.7 Å². The van der Waals surface area contributed by atoms with E-state index in [4.69, 9.17) is 4.98 Å². The standard InChI is InChI=1S/C22H22N2OS/c25-21(17-7-3-1-4-8-17)18-11-13-24(14-12-18)15-20-16-26-22(23-20)19-9-5-2-6-10-19/h1-10,16,18H,11-15H2. The number of aromatic nitrogens is 1. The minimum absolute atomic E-state index is 0.156. The van der Waals surface area contributed by atoms with Crippen LogP contribution in [0.2, 0.25) is 0 Å². The van der Waals surface area contributed by atoms with Gasteiger partial charge < -0.3 is 0 Å². The summed E-state index contributed by atoms with van der Waals surface area (Å²) >= 11 is 1.70. The smallest absolute Gasteiger partial charge is 0.166 e. The summed E-state index contributed by atoms with van der Waals surface area (Å²) in [4.78, 5) is 19.8. The molecule has 0 unspecified atom stereocenters. The van der Waals surface area contributed by atoms with Crippen molar-refractivity contribution in [3.8, 4) is 10.6 Å². The lowest BCUT2D eigenvalue weighted by atomic mass is 9.89. The Bertz CT molecular complexity index is 852. The molecule has 4 rings (SSSR count). The number of carbonyl (C=O) groups is 1. The molecule has 2 heterocycles. The summed E-state index contributed by atoms with van der Waals surface area (Å²) in [6.45, 7) is 2.79. The van der Waals surface area contributed by atoms with Crippen molar-refractivity contribution in [1.82, 2.24) is 9.88 Å². The van der Waals surface area contributed by atoms with Gasteiger partial charge in [0.25, 0.3) is 0 Å². The van der Waals surface area contributed by atoms with Crippen LogP contribution >= 0.6 is 11.3 Å². The predicted octanol–water partition coefficient (Wildman–Crippen LogP) is 4.91. The molecule has 4 heteroatoms. The summed E-state index contributed by atoms with van der Waals surface area (Å²) in [7, 11) is 0. The van der Waals surface area contributed by atoms with Gasteiger partial charge in [0.05, 0.1) is 5.69 Å². The number of Topliss-reactive ketones (excluding diaryl/α,β-unsaturated/α-hetero) is 1. The topological polar surface area (TPSA) is 33.2 Å². The largest absolute Gasteiger partial charge is 0.297 e.